The Hall–Kier alpha value is -2.64. The van der Waals surface area contributed by atoms with Crippen LogP contribution in [0.2, 0.25) is 13.1 Å². The maximum atomic E-state index is 13.4. The lowest BCUT2D eigenvalue weighted by Crippen LogP contribution is -2.64. The van der Waals surface area contributed by atoms with E-state index in [4.69, 9.17) is 0 Å². The summed E-state index contributed by atoms with van der Waals surface area (Å²) in [5, 5.41) is 1.97. The van der Waals surface area contributed by atoms with Gasteiger partial charge in [-0.3, -0.25) is 4.90 Å². The van der Waals surface area contributed by atoms with E-state index in [9.17, 15) is 13.2 Å². The van der Waals surface area contributed by atoms with Gasteiger partial charge in [-0.25, -0.2) is 17.5 Å². The molecule has 0 unspecified atom stereocenters. The minimum atomic E-state index is -3.92. The normalized spacial score (nSPS) is 17.0. The summed E-state index contributed by atoms with van der Waals surface area (Å²) in [5.74, 6) is 0. The first-order chi connectivity index (χ1) is 13.7. The summed E-state index contributed by atoms with van der Waals surface area (Å²) in [5.41, 5.74) is 1.73. The van der Waals surface area contributed by atoms with Crippen LogP contribution < -0.4 is 4.90 Å². The summed E-state index contributed by atoms with van der Waals surface area (Å²) in [4.78, 5) is 15.2. The third-order valence-electron chi connectivity index (χ3n) is 5.27. The lowest BCUT2D eigenvalue weighted by Gasteiger charge is -2.42. The minimum absolute atomic E-state index is 0.154. The molecule has 3 aromatic rings. The topological polar surface area (TPSA) is 57.7 Å². The molecule has 1 saturated heterocycles. The molecule has 29 heavy (non-hydrogen) atoms. The average molecular weight is 425 g/mol. The highest BCUT2D eigenvalue weighted by atomic mass is 32.2. The number of rotatable bonds is 3. The summed E-state index contributed by atoms with van der Waals surface area (Å²) in [7, 11) is -5.95. The second-order valence-electron chi connectivity index (χ2n) is 8.36. The van der Waals surface area contributed by atoms with E-state index in [1.54, 1.807) is 29.2 Å². The number of fused-ring (bicyclic) bond motifs is 1. The Morgan fingerprint density at radius 2 is 1.52 bits per heavy atom. The molecule has 1 aliphatic rings. The van der Waals surface area contributed by atoms with Gasteiger partial charge in [0.25, 0.3) is 10.0 Å². The van der Waals surface area contributed by atoms with E-state index in [2.05, 4.69) is 13.1 Å². The summed E-state index contributed by atoms with van der Waals surface area (Å²) in [6, 6.07) is 19.8. The van der Waals surface area contributed by atoms with Crippen molar-refractivity contribution in [3.05, 3.63) is 72.3 Å². The van der Waals surface area contributed by atoms with Crippen LogP contribution >= 0.6 is 0 Å². The van der Waals surface area contributed by atoms with Crippen molar-refractivity contribution in [2.75, 3.05) is 17.2 Å². The Labute approximate surface area is 172 Å². The first kappa shape index (κ1) is 19.7. The number of aryl methyl sites for hydroxylation is 1. The number of nitrogens with zero attached hydrogens (tertiary/aromatic N) is 2. The summed E-state index contributed by atoms with van der Waals surface area (Å²) in [6.07, 6.45) is 0.864. The fourth-order valence-electron chi connectivity index (χ4n) is 3.79. The van der Waals surface area contributed by atoms with E-state index < -0.39 is 24.1 Å². The quantitative estimate of drug-likeness (QED) is 0.579. The zero-order valence-electron chi connectivity index (χ0n) is 16.8. The first-order valence-corrected chi connectivity index (χ1v) is 14.4. The molecule has 0 atom stereocenters. The highest BCUT2D eigenvalue weighted by Crippen LogP contribution is 2.32. The Morgan fingerprint density at radius 1 is 0.862 bits per heavy atom. The van der Waals surface area contributed by atoms with Gasteiger partial charge in [-0.05, 0) is 30.5 Å². The molecule has 1 aliphatic heterocycles. The third kappa shape index (κ3) is 3.56. The molecule has 2 amide bonds. The van der Waals surface area contributed by atoms with Gasteiger partial charge in [0.15, 0.2) is 0 Å². The van der Waals surface area contributed by atoms with Crippen molar-refractivity contribution in [1.29, 1.82) is 0 Å². The lowest BCUT2D eigenvalue weighted by atomic mass is 10.1. The van der Waals surface area contributed by atoms with Crippen LogP contribution in [0.25, 0.3) is 10.8 Å². The lowest BCUT2D eigenvalue weighted by molar-refractivity contribution is 0.231. The third-order valence-corrected chi connectivity index (χ3v) is 9.58. The standard InChI is InChI=1S/C22H24N2O3SSi/c1-17-11-13-19(14-12-17)28(26,27)24-16-29(2,3)15-23(22(24)25)21-10-6-8-18-7-4-5-9-20(18)21/h4-14H,15-16H2,1-3H3. The number of carbonyl (C=O) groups excluding carboxylic acids is 1. The maximum absolute atomic E-state index is 13.4. The van der Waals surface area contributed by atoms with Crippen molar-refractivity contribution in [3.63, 3.8) is 0 Å². The van der Waals surface area contributed by atoms with Crippen molar-refractivity contribution >= 4 is 40.6 Å². The molecule has 0 bridgehead atoms. The van der Waals surface area contributed by atoms with Crippen molar-refractivity contribution in [2.45, 2.75) is 24.9 Å². The molecular weight excluding hydrogens is 400 g/mol. The van der Waals surface area contributed by atoms with Crippen LogP contribution in [0.5, 0.6) is 0 Å². The van der Waals surface area contributed by atoms with Crippen LogP contribution in [-0.2, 0) is 10.0 Å². The minimum Gasteiger partial charge on any atom is -0.296 e. The number of hydrogen-bond donors (Lipinski definition) is 0. The van der Waals surface area contributed by atoms with E-state index in [0.29, 0.717) is 6.17 Å². The smallest absolute Gasteiger partial charge is 0.296 e. The van der Waals surface area contributed by atoms with Gasteiger partial charge >= 0.3 is 6.03 Å². The van der Waals surface area contributed by atoms with Crippen molar-refractivity contribution < 1.29 is 13.2 Å². The molecule has 0 saturated carbocycles. The van der Waals surface area contributed by atoms with Gasteiger partial charge in [-0.2, -0.15) is 0 Å². The van der Waals surface area contributed by atoms with Crippen LogP contribution in [0, 0.1) is 6.92 Å². The molecule has 0 N–H and O–H groups in total. The number of urea groups is 1. The molecule has 0 aromatic heterocycles. The van der Waals surface area contributed by atoms with Crippen LogP contribution in [0.4, 0.5) is 10.5 Å². The number of sulfonamides is 1. The fourth-order valence-corrected chi connectivity index (χ4v) is 8.74. The number of hydrogen-bond acceptors (Lipinski definition) is 3. The molecule has 0 radical (unpaired) electrons. The molecule has 1 heterocycles. The Morgan fingerprint density at radius 3 is 2.24 bits per heavy atom. The fraction of sp³-hybridized carbons (Fsp3) is 0.227. The summed E-state index contributed by atoms with van der Waals surface area (Å²) >= 11 is 0. The van der Waals surface area contributed by atoms with Gasteiger partial charge in [-0.15, -0.1) is 0 Å². The van der Waals surface area contributed by atoms with Crippen molar-refractivity contribution in [1.82, 2.24) is 4.31 Å². The number of benzene rings is 3. The zero-order chi connectivity index (χ0) is 20.8. The van der Waals surface area contributed by atoms with Crippen LogP contribution in [0.3, 0.4) is 0 Å². The summed E-state index contributed by atoms with van der Waals surface area (Å²) in [6.45, 7) is 6.14. The monoisotopic (exact) mass is 424 g/mol. The Bertz CT molecular complexity index is 1180. The predicted octanol–water partition coefficient (Wildman–Crippen LogP) is 4.57. The highest BCUT2D eigenvalue weighted by Gasteiger charge is 2.44. The molecule has 7 heteroatoms. The van der Waals surface area contributed by atoms with Gasteiger partial charge in [0, 0.05) is 17.7 Å². The molecular formula is C22H24N2O3SSi. The van der Waals surface area contributed by atoms with E-state index in [0.717, 1.165) is 26.3 Å². The van der Waals surface area contributed by atoms with Crippen molar-refractivity contribution in [3.8, 4) is 0 Å². The summed E-state index contributed by atoms with van der Waals surface area (Å²) < 4.78 is 27.8. The van der Waals surface area contributed by atoms with E-state index >= 15 is 0 Å². The molecule has 1 fully saturated rings. The molecule has 3 aromatic carbocycles. The van der Waals surface area contributed by atoms with Crippen LogP contribution in [0.15, 0.2) is 71.6 Å². The molecule has 150 valence electrons. The molecule has 4 rings (SSSR count). The molecule has 0 spiro atoms. The SMILES string of the molecule is Cc1ccc(S(=O)(=O)N2C[Si](C)(C)CN(c3cccc4ccccc34)C2=O)cc1. The predicted molar refractivity (Wildman–Crippen MR) is 119 cm³/mol. The zero-order valence-corrected chi connectivity index (χ0v) is 18.6. The Balaban J connectivity index is 1.81. The number of anilines is 1. The van der Waals surface area contributed by atoms with Gasteiger partial charge in [0.1, 0.15) is 0 Å². The van der Waals surface area contributed by atoms with Gasteiger partial charge in [-0.1, -0.05) is 67.2 Å². The first-order valence-electron chi connectivity index (χ1n) is 9.58. The second kappa shape index (κ2) is 7.00. The molecule has 5 nitrogen and oxygen atoms in total. The van der Waals surface area contributed by atoms with E-state index in [-0.39, 0.29) is 11.1 Å². The maximum Gasteiger partial charge on any atom is 0.337 e. The van der Waals surface area contributed by atoms with Crippen LogP contribution in [0.1, 0.15) is 5.56 Å². The van der Waals surface area contributed by atoms with E-state index in [1.165, 1.54) is 0 Å². The largest absolute Gasteiger partial charge is 0.337 e. The number of carbonyl (C=O) groups is 1. The Kier molecular flexibility index (Phi) is 4.75. The van der Waals surface area contributed by atoms with Gasteiger partial charge in [0.2, 0.25) is 0 Å². The second-order valence-corrected chi connectivity index (χ2v) is 15.2. The van der Waals surface area contributed by atoms with Gasteiger partial charge in [0.05, 0.1) is 18.7 Å². The average Bonchev–Trinajstić information content (AvgIpc) is 2.69. The van der Waals surface area contributed by atoms with Crippen molar-refractivity contribution in [2.24, 2.45) is 0 Å². The van der Waals surface area contributed by atoms with E-state index in [1.807, 2.05) is 49.4 Å². The van der Waals surface area contributed by atoms with Gasteiger partial charge < -0.3 is 0 Å². The van der Waals surface area contributed by atoms with Crippen LogP contribution in [-0.4, -0.2) is 39.2 Å². The molecule has 0 aliphatic carbocycles. The highest BCUT2D eigenvalue weighted by molar-refractivity contribution is 7.89. The number of amides is 2.